The molecule has 0 amide bonds. The Kier molecular flexibility index (Phi) is 2.38. The van der Waals surface area contributed by atoms with Gasteiger partial charge in [0.25, 0.3) is 0 Å². The van der Waals surface area contributed by atoms with Crippen LogP contribution in [0.5, 0.6) is 0 Å². The Labute approximate surface area is 108 Å². The summed E-state index contributed by atoms with van der Waals surface area (Å²) in [4.78, 5) is 10.8. The third-order valence-electron chi connectivity index (χ3n) is 3.05. The molecule has 19 heavy (non-hydrogen) atoms. The normalized spacial score (nSPS) is 11.1. The van der Waals surface area contributed by atoms with E-state index in [0.717, 1.165) is 22.2 Å². The number of hydrogen-bond donors (Lipinski definition) is 1. The van der Waals surface area contributed by atoms with Crippen molar-refractivity contribution in [1.82, 2.24) is 14.9 Å². The van der Waals surface area contributed by atoms with E-state index in [1.54, 1.807) is 4.68 Å². The van der Waals surface area contributed by atoms with E-state index in [1.807, 2.05) is 32.2 Å². The second-order valence-electron chi connectivity index (χ2n) is 4.32. The largest absolute Gasteiger partial charge is 0.475 e. The highest BCUT2D eigenvalue weighted by Crippen LogP contribution is 2.25. The molecule has 3 aromatic rings. The van der Waals surface area contributed by atoms with Gasteiger partial charge in [0.15, 0.2) is 0 Å². The SMILES string of the molecule is Cc1nn(C)c2ccc(-c3cc(C(=O)O)on3)cc12. The zero-order valence-corrected chi connectivity index (χ0v) is 10.4. The van der Waals surface area contributed by atoms with Gasteiger partial charge in [-0.25, -0.2) is 4.79 Å². The minimum Gasteiger partial charge on any atom is -0.475 e. The van der Waals surface area contributed by atoms with Gasteiger partial charge in [-0.05, 0) is 19.1 Å². The summed E-state index contributed by atoms with van der Waals surface area (Å²) in [5.74, 6) is -1.30. The van der Waals surface area contributed by atoms with Crippen molar-refractivity contribution in [3.05, 3.63) is 35.7 Å². The molecule has 0 aliphatic carbocycles. The first-order valence-corrected chi connectivity index (χ1v) is 5.70. The number of carbonyl (C=O) groups is 1. The van der Waals surface area contributed by atoms with E-state index < -0.39 is 5.97 Å². The third-order valence-corrected chi connectivity index (χ3v) is 3.05. The van der Waals surface area contributed by atoms with Crippen molar-refractivity contribution >= 4 is 16.9 Å². The molecule has 0 unspecified atom stereocenters. The van der Waals surface area contributed by atoms with Gasteiger partial charge in [0, 0.05) is 24.1 Å². The van der Waals surface area contributed by atoms with Crippen LogP contribution in [0.4, 0.5) is 0 Å². The van der Waals surface area contributed by atoms with Crippen LogP contribution in [0.1, 0.15) is 16.2 Å². The van der Waals surface area contributed by atoms with Gasteiger partial charge in [-0.15, -0.1) is 0 Å². The van der Waals surface area contributed by atoms with Crippen LogP contribution in [0.25, 0.3) is 22.2 Å². The summed E-state index contributed by atoms with van der Waals surface area (Å²) in [6.45, 7) is 1.93. The molecule has 0 aliphatic rings. The quantitative estimate of drug-likeness (QED) is 0.761. The molecule has 2 heterocycles. The first-order valence-electron chi connectivity index (χ1n) is 5.70. The summed E-state index contributed by atoms with van der Waals surface area (Å²) in [5.41, 5.74) is 3.24. The lowest BCUT2D eigenvalue weighted by molar-refractivity contribution is 0.0652. The van der Waals surface area contributed by atoms with Gasteiger partial charge >= 0.3 is 5.97 Å². The van der Waals surface area contributed by atoms with Crippen LogP contribution in [0.15, 0.2) is 28.8 Å². The smallest absolute Gasteiger partial charge is 0.374 e. The Morgan fingerprint density at radius 1 is 1.37 bits per heavy atom. The number of carboxylic acids is 1. The molecule has 3 rings (SSSR count). The zero-order valence-electron chi connectivity index (χ0n) is 10.4. The first-order chi connectivity index (χ1) is 9.06. The molecule has 0 spiro atoms. The van der Waals surface area contributed by atoms with Gasteiger partial charge in [0.05, 0.1) is 11.2 Å². The van der Waals surface area contributed by atoms with Gasteiger partial charge in [-0.3, -0.25) is 4.68 Å². The number of aryl methyl sites for hydroxylation is 2. The molecule has 0 radical (unpaired) electrons. The molecule has 1 N–H and O–H groups in total. The van der Waals surface area contributed by atoms with Crippen molar-refractivity contribution in [2.75, 3.05) is 0 Å². The van der Waals surface area contributed by atoms with E-state index in [0.29, 0.717) is 5.69 Å². The molecule has 0 fully saturated rings. The Balaban J connectivity index is 2.14. The zero-order chi connectivity index (χ0) is 13.6. The molecule has 0 bridgehead atoms. The fraction of sp³-hybridized carbons (Fsp3) is 0.154. The maximum Gasteiger partial charge on any atom is 0.374 e. The minimum atomic E-state index is -1.13. The highest BCUT2D eigenvalue weighted by molar-refractivity contribution is 5.88. The van der Waals surface area contributed by atoms with Gasteiger partial charge < -0.3 is 9.63 Å². The van der Waals surface area contributed by atoms with Gasteiger partial charge in [0.1, 0.15) is 5.69 Å². The summed E-state index contributed by atoms with van der Waals surface area (Å²) in [6, 6.07) is 7.14. The van der Waals surface area contributed by atoms with E-state index in [2.05, 4.69) is 10.3 Å². The fourth-order valence-corrected chi connectivity index (χ4v) is 2.11. The van der Waals surface area contributed by atoms with Crippen LogP contribution < -0.4 is 0 Å². The third kappa shape index (κ3) is 1.77. The number of aromatic nitrogens is 3. The molecule has 0 aliphatic heterocycles. The maximum atomic E-state index is 10.8. The van der Waals surface area contributed by atoms with Gasteiger partial charge in [0.2, 0.25) is 5.76 Å². The van der Waals surface area contributed by atoms with E-state index in [-0.39, 0.29) is 5.76 Å². The molecular formula is C13H11N3O3. The maximum absolute atomic E-state index is 10.8. The summed E-state index contributed by atoms with van der Waals surface area (Å²) < 4.78 is 6.56. The number of aromatic carboxylic acids is 1. The van der Waals surface area contributed by atoms with E-state index in [9.17, 15) is 4.79 Å². The van der Waals surface area contributed by atoms with Crippen LogP contribution in [0, 0.1) is 6.92 Å². The second-order valence-corrected chi connectivity index (χ2v) is 4.32. The number of carboxylic acid groups (broad SMARTS) is 1. The van der Waals surface area contributed by atoms with Crippen molar-refractivity contribution in [2.24, 2.45) is 7.05 Å². The number of fused-ring (bicyclic) bond motifs is 1. The summed E-state index contributed by atoms with van der Waals surface area (Å²) in [5, 5.41) is 17.9. The van der Waals surface area contributed by atoms with Crippen LogP contribution in [-0.2, 0) is 7.05 Å². The fourth-order valence-electron chi connectivity index (χ4n) is 2.11. The van der Waals surface area contributed by atoms with E-state index >= 15 is 0 Å². The number of nitrogens with zero attached hydrogens (tertiary/aromatic N) is 3. The predicted molar refractivity (Wildman–Crippen MR) is 67.9 cm³/mol. The Morgan fingerprint density at radius 2 is 2.16 bits per heavy atom. The summed E-state index contributed by atoms with van der Waals surface area (Å²) in [6.07, 6.45) is 0. The Morgan fingerprint density at radius 3 is 2.84 bits per heavy atom. The highest BCUT2D eigenvalue weighted by Gasteiger charge is 2.13. The molecule has 0 saturated carbocycles. The molecule has 1 aromatic carbocycles. The van der Waals surface area contributed by atoms with Crippen LogP contribution in [0.2, 0.25) is 0 Å². The van der Waals surface area contributed by atoms with Gasteiger partial charge in [-0.1, -0.05) is 11.2 Å². The van der Waals surface area contributed by atoms with Crippen molar-refractivity contribution < 1.29 is 14.4 Å². The topological polar surface area (TPSA) is 81.2 Å². The monoisotopic (exact) mass is 257 g/mol. The molecular weight excluding hydrogens is 246 g/mol. The lowest BCUT2D eigenvalue weighted by Crippen LogP contribution is -1.91. The molecule has 6 heteroatoms. The molecule has 0 atom stereocenters. The van der Waals surface area contributed by atoms with Gasteiger partial charge in [-0.2, -0.15) is 5.10 Å². The van der Waals surface area contributed by atoms with Crippen molar-refractivity contribution in [3.63, 3.8) is 0 Å². The predicted octanol–water partition coefficient (Wildman–Crippen LogP) is 2.23. The Bertz CT molecular complexity index is 786. The Hall–Kier alpha value is -2.63. The molecule has 6 nitrogen and oxygen atoms in total. The first kappa shape index (κ1) is 11.5. The molecule has 96 valence electrons. The molecule has 0 saturated heterocycles. The summed E-state index contributed by atoms with van der Waals surface area (Å²) in [7, 11) is 1.88. The lowest BCUT2D eigenvalue weighted by atomic mass is 10.1. The average Bonchev–Trinajstić information content (AvgIpc) is 2.96. The van der Waals surface area contributed by atoms with Crippen LogP contribution in [-0.4, -0.2) is 26.0 Å². The number of rotatable bonds is 2. The summed E-state index contributed by atoms with van der Waals surface area (Å²) >= 11 is 0. The number of benzene rings is 1. The van der Waals surface area contributed by atoms with Crippen LogP contribution >= 0.6 is 0 Å². The number of hydrogen-bond acceptors (Lipinski definition) is 4. The highest BCUT2D eigenvalue weighted by atomic mass is 16.5. The molecule has 2 aromatic heterocycles. The standard InChI is InChI=1S/C13H11N3O3/c1-7-9-5-8(3-4-11(9)16(2)14-7)10-6-12(13(17)18)19-15-10/h3-6H,1-2H3,(H,17,18). The van der Waals surface area contributed by atoms with E-state index in [1.165, 1.54) is 6.07 Å². The van der Waals surface area contributed by atoms with Crippen LogP contribution in [0.3, 0.4) is 0 Å². The van der Waals surface area contributed by atoms with E-state index in [4.69, 9.17) is 9.63 Å². The average molecular weight is 257 g/mol. The van der Waals surface area contributed by atoms with Crippen molar-refractivity contribution in [3.8, 4) is 11.3 Å². The second kappa shape index (κ2) is 3.94. The van der Waals surface area contributed by atoms with Crippen molar-refractivity contribution in [1.29, 1.82) is 0 Å². The minimum absolute atomic E-state index is 0.169. The lowest BCUT2D eigenvalue weighted by Gasteiger charge is -1.97. The van der Waals surface area contributed by atoms with Crippen molar-refractivity contribution in [2.45, 2.75) is 6.92 Å².